The van der Waals surface area contributed by atoms with E-state index in [9.17, 15) is 9.90 Å². The molecule has 0 aliphatic rings. The summed E-state index contributed by atoms with van der Waals surface area (Å²) in [4.78, 5) is 12.0. The van der Waals surface area contributed by atoms with Crippen molar-refractivity contribution in [2.45, 2.75) is 6.61 Å². The molecule has 19 heavy (non-hydrogen) atoms. The summed E-state index contributed by atoms with van der Waals surface area (Å²) in [5, 5.41) is 12.4. The van der Waals surface area contributed by atoms with E-state index in [0.717, 1.165) is 5.56 Å². The molecule has 0 unspecified atom stereocenters. The Bertz CT molecular complexity index is 581. The summed E-state index contributed by atoms with van der Waals surface area (Å²) in [5.74, 6) is -0.374. The predicted octanol–water partition coefficient (Wildman–Crippen LogP) is 2.79. The van der Waals surface area contributed by atoms with Crippen LogP contribution >= 0.6 is 0 Å². The molecule has 2 aromatic rings. The lowest BCUT2D eigenvalue weighted by molar-refractivity contribution is 0.102. The molecular weight excluding hydrogens is 242 g/mol. The Kier molecular flexibility index (Phi) is 4.15. The zero-order valence-corrected chi connectivity index (χ0v) is 10.6. The molecule has 98 valence electrons. The van der Waals surface area contributed by atoms with Gasteiger partial charge in [-0.2, -0.15) is 0 Å². The molecule has 0 aliphatic carbocycles. The molecule has 4 heteroatoms. The average Bonchev–Trinajstić information content (AvgIpc) is 2.40. The zero-order chi connectivity index (χ0) is 13.7. The fourth-order valence-electron chi connectivity index (χ4n) is 1.77. The Morgan fingerprint density at radius 3 is 2.74 bits per heavy atom. The lowest BCUT2D eigenvalue weighted by atomic mass is 10.1. The third-order valence-electron chi connectivity index (χ3n) is 2.64. The maximum Gasteiger partial charge on any atom is 0.259 e. The van der Waals surface area contributed by atoms with Crippen LogP contribution in [0.3, 0.4) is 0 Å². The van der Waals surface area contributed by atoms with Crippen molar-refractivity contribution in [3.63, 3.8) is 0 Å². The molecule has 0 fully saturated rings. The number of phenols is 1. The van der Waals surface area contributed by atoms with Crippen LogP contribution in [-0.4, -0.2) is 18.1 Å². The van der Waals surface area contributed by atoms with Crippen LogP contribution in [-0.2, 0) is 11.3 Å². The molecule has 2 rings (SSSR count). The van der Waals surface area contributed by atoms with Gasteiger partial charge in [0.05, 0.1) is 12.2 Å². The molecule has 4 nitrogen and oxygen atoms in total. The van der Waals surface area contributed by atoms with E-state index < -0.39 is 0 Å². The maximum atomic E-state index is 12.0. The smallest absolute Gasteiger partial charge is 0.259 e. The highest BCUT2D eigenvalue weighted by atomic mass is 16.5. The highest BCUT2D eigenvalue weighted by Crippen LogP contribution is 2.18. The van der Waals surface area contributed by atoms with E-state index in [4.69, 9.17) is 4.74 Å². The van der Waals surface area contributed by atoms with Crippen molar-refractivity contribution in [1.82, 2.24) is 0 Å². The number of benzene rings is 2. The summed E-state index contributed by atoms with van der Waals surface area (Å²) in [5.41, 5.74) is 1.89. The minimum atomic E-state index is -0.340. The normalized spacial score (nSPS) is 10.2. The first-order chi connectivity index (χ1) is 9.20. The van der Waals surface area contributed by atoms with Gasteiger partial charge >= 0.3 is 0 Å². The molecule has 0 heterocycles. The van der Waals surface area contributed by atoms with E-state index in [-0.39, 0.29) is 17.2 Å². The van der Waals surface area contributed by atoms with Crippen LogP contribution in [0.5, 0.6) is 5.75 Å². The number of hydrogen-bond acceptors (Lipinski definition) is 3. The lowest BCUT2D eigenvalue weighted by Crippen LogP contribution is -2.12. The topological polar surface area (TPSA) is 58.6 Å². The molecule has 0 saturated heterocycles. The second-order valence-corrected chi connectivity index (χ2v) is 4.10. The minimum Gasteiger partial charge on any atom is -0.507 e. The summed E-state index contributed by atoms with van der Waals surface area (Å²) < 4.78 is 5.04. The molecule has 0 atom stereocenters. The molecule has 2 aromatic carbocycles. The highest BCUT2D eigenvalue weighted by molar-refractivity contribution is 6.06. The molecule has 0 bridgehead atoms. The number of hydrogen-bond donors (Lipinski definition) is 2. The van der Waals surface area contributed by atoms with Gasteiger partial charge in [0, 0.05) is 12.8 Å². The Hall–Kier alpha value is -2.33. The van der Waals surface area contributed by atoms with Crippen molar-refractivity contribution in [2.24, 2.45) is 0 Å². The fraction of sp³-hybridized carbons (Fsp3) is 0.133. The number of rotatable bonds is 4. The summed E-state index contributed by atoms with van der Waals surface area (Å²) in [7, 11) is 1.62. The number of anilines is 1. The highest BCUT2D eigenvalue weighted by Gasteiger charge is 2.10. The average molecular weight is 257 g/mol. The summed E-state index contributed by atoms with van der Waals surface area (Å²) in [6.07, 6.45) is 0. The largest absolute Gasteiger partial charge is 0.507 e. The molecule has 0 aromatic heterocycles. The van der Waals surface area contributed by atoms with Gasteiger partial charge in [-0.3, -0.25) is 4.79 Å². The Labute approximate surface area is 111 Å². The molecule has 1 amide bonds. The monoisotopic (exact) mass is 257 g/mol. The fourth-order valence-corrected chi connectivity index (χ4v) is 1.77. The standard InChI is InChI=1S/C15H15NO3/c1-19-10-11-5-4-6-12(9-11)16-15(18)13-7-2-3-8-14(13)17/h2-9,17H,10H2,1H3,(H,16,18). The number of para-hydroxylation sites is 1. The maximum absolute atomic E-state index is 12.0. The number of ether oxygens (including phenoxy) is 1. The molecule has 0 saturated carbocycles. The molecular formula is C15H15NO3. The quantitative estimate of drug-likeness (QED) is 0.885. The van der Waals surface area contributed by atoms with Gasteiger partial charge in [0.15, 0.2) is 0 Å². The number of aromatic hydroxyl groups is 1. The van der Waals surface area contributed by atoms with Crippen molar-refractivity contribution < 1.29 is 14.6 Å². The number of carbonyl (C=O) groups is 1. The number of phenolic OH excluding ortho intramolecular Hbond substituents is 1. The van der Waals surface area contributed by atoms with Crippen LogP contribution in [0.25, 0.3) is 0 Å². The summed E-state index contributed by atoms with van der Waals surface area (Å²) >= 11 is 0. The second kappa shape index (κ2) is 6.02. The third-order valence-corrected chi connectivity index (χ3v) is 2.64. The lowest BCUT2D eigenvalue weighted by Gasteiger charge is -2.08. The van der Waals surface area contributed by atoms with Crippen LogP contribution in [0.2, 0.25) is 0 Å². The van der Waals surface area contributed by atoms with Crippen molar-refractivity contribution in [3.8, 4) is 5.75 Å². The summed E-state index contributed by atoms with van der Waals surface area (Å²) in [6.45, 7) is 0.486. The number of carbonyl (C=O) groups excluding carboxylic acids is 1. The second-order valence-electron chi connectivity index (χ2n) is 4.10. The van der Waals surface area contributed by atoms with E-state index in [2.05, 4.69) is 5.32 Å². The van der Waals surface area contributed by atoms with Gasteiger partial charge in [-0.1, -0.05) is 24.3 Å². The van der Waals surface area contributed by atoms with Crippen LogP contribution in [0.15, 0.2) is 48.5 Å². The van der Waals surface area contributed by atoms with Gasteiger partial charge in [-0.25, -0.2) is 0 Å². The van der Waals surface area contributed by atoms with Gasteiger partial charge in [0.25, 0.3) is 5.91 Å². The SMILES string of the molecule is COCc1cccc(NC(=O)c2ccccc2O)c1. The first kappa shape index (κ1) is 13.1. The van der Waals surface area contributed by atoms with Crippen LogP contribution < -0.4 is 5.32 Å². The minimum absolute atomic E-state index is 0.0342. The van der Waals surface area contributed by atoms with Crippen LogP contribution in [0.1, 0.15) is 15.9 Å². The number of nitrogens with one attached hydrogen (secondary N) is 1. The molecule has 0 aliphatic heterocycles. The van der Waals surface area contributed by atoms with E-state index in [1.165, 1.54) is 6.07 Å². The predicted molar refractivity (Wildman–Crippen MR) is 73.2 cm³/mol. The Morgan fingerprint density at radius 1 is 1.21 bits per heavy atom. The van der Waals surface area contributed by atoms with Gasteiger partial charge in [0.2, 0.25) is 0 Å². The molecule has 0 spiro atoms. The van der Waals surface area contributed by atoms with Crippen LogP contribution in [0, 0.1) is 0 Å². The number of methoxy groups -OCH3 is 1. The van der Waals surface area contributed by atoms with E-state index in [1.807, 2.05) is 18.2 Å². The van der Waals surface area contributed by atoms with Gasteiger partial charge in [0.1, 0.15) is 5.75 Å². The van der Waals surface area contributed by atoms with Crippen molar-refractivity contribution in [3.05, 3.63) is 59.7 Å². The Balaban J connectivity index is 2.15. The van der Waals surface area contributed by atoms with Gasteiger partial charge in [-0.05, 0) is 29.8 Å². The van der Waals surface area contributed by atoms with E-state index in [0.29, 0.717) is 12.3 Å². The van der Waals surface area contributed by atoms with Gasteiger partial charge in [-0.15, -0.1) is 0 Å². The van der Waals surface area contributed by atoms with E-state index in [1.54, 1.807) is 31.4 Å². The van der Waals surface area contributed by atoms with Crippen LogP contribution in [0.4, 0.5) is 5.69 Å². The molecule has 0 radical (unpaired) electrons. The van der Waals surface area contributed by atoms with Crippen molar-refractivity contribution in [1.29, 1.82) is 0 Å². The first-order valence-corrected chi connectivity index (χ1v) is 5.88. The summed E-state index contributed by atoms with van der Waals surface area (Å²) in [6, 6.07) is 13.8. The first-order valence-electron chi connectivity index (χ1n) is 5.88. The third kappa shape index (κ3) is 3.33. The van der Waals surface area contributed by atoms with Gasteiger partial charge < -0.3 is 15.2 Å². The number of amides is 1. The van der Waals surface area contributed by atoms with E-state index >= 15 is 0 Å². The molecule has 2 N–H and O–H groups in total. The zero-order valence-electron chi connectivity index (χ0n) is 10.6. The van der Waals surface area contributed by atoms with Crippen molar-refractivity contribution in [2.75, 3.05) is 12.4 Å². The Morgan fingerprint density at radius 2 is 2.00 bits per heavy atom. The van der Waals surface area contributed by atoms with Crippen molar-refractivity contribution >= 4 is 11.6 Å².